The molecule has 0 amide bonds. The number of hydrogen-bond acceptors (Lipinski definition) is 6. The predicted molar refractivity (Wildman–Crippen MR) is 110 cm³/mol. The summed E-state index contributed by atoms with van der Waals surface area (Å²) in [6, 6.07) is 11.6. The van der Waals surface area contributed by atoms with E-state index in [2.05, 4.69) is 15.9 Å². The standard InChI is InChI=1S/C21H24ClN3O3/c1-26-19-7-4-15(20(27-2)21(19)28-3)14-24-8-10-25(11-9-24)18-6-5-17(22)12-16(18)13-23/h4-7,12H,8-11,14H2,1-3H3. The number of methoxy groups -OCH3 is 3. The quantitative estimate of drug-likeness (QED) is 0.737. The number of nitriles is 1. The first-order chi connectivity index (χ1) is 13.6. The number of rotatable bonds is 6. The molecule has 2 aromatic carbocycles. The summed E-state index contributed by atoms with van der Waals surface area (Å²) in [5.74, 6) is 1.97. The van der Waals surface area contributed by atoms with Gasteiger partial charge in [0.1, 0.15) is 6.07 Å². The molecule has 1 heterocycles. The first-order valence-electron chi connectivity index (χ1n) is 9.06. The lowest BCUT2D eigenvalue weighted by Gasteiger charge is -2.36. The molecule has 0 radical (unpaired) electrons. The Morgan fingerprint density at radius 1 is 0.964 bits per heavy atom. The Bertz CT molecular complexity index is 874. The van der Waals surface area contributed by atoms with Crippen molar-refractivity contribution in [3.05, 3.63) is 46.5 Å². The van der Waals surface area contributed by atoms with Crippen LogP contribution in [0.3, 0.4) is 0 Å². The minimum Gasteiger partial charge on any atom is -0.493 e. The van der Waals surface area contributed by atoms with E-state index in [9.17, 15) is 5.26 Å². The van der Waals surface area contributed by atoms with Crippen LogP contribution in [0.1, 0.15) is 11.1 Å². The van der Waals surface area contributed by atoms with Crippen molar-refractivity contribution in [2.45, 2.75) is 6.54 Å². The third-order valence-corrected chi connectivity index (χ3v) is 5.21. The Morgan fingerprint density at radius 2 is 1.68 bits per heavy atom. The first-order valence-corrected chi connectivity index (χ1v) is 9.43. The van der Waals surface area contributed by atoms with Crippen molar-refractivity contribution in [1.82, 2.24) is 4.90 Å². The Kier molecular flexibility index (Phi) is 6.50. The van der Waals surface area contributed by atoms with Crippen LogP contribution in [-0.2, 0) is 6.54 Å². The predicted octanol–water partition coefficient (Wildman–Crippen LogP) is 3.56. The summed E-state index contributed by atoms with van der Waals surface area (Å²) < 4.78 is 16.4. The molecule has 7 heteroatoms. The van der Waals surface area contributed by atoms with E-state index in [1.165, 1.54) is 0 Å². The minimum atomic E-state index is 0.583. The zero-order valence-electron chi connectivity index (χ0n) is 16.4. The van der Waals surface area contributed by atoms with Crippen molar-refractivity contribution in [3.63, 3.8) is 0 Å². The van der Waals surface area contributed by atoms with Gasteiger partial charge in [0.2, 0.25) is 5.75 Å². The highest BCUT2D eigenvalue weighted by Gasteiger charge is 2.22. The minimum absolute atomic E-state index is 0.583. The molecule has 6 nitrogen and oxygen atoms in total. The molecule has 2 aromatic rings. The number of ether oxygens (including phenoxy) is 3. The van der Waals surface area contributed by atoms with Gasteiger partial charge in [-0.3, -0.25) is 4.90 Å². The second kappa shape index (κ2) is 9.05. The Hall–Kier alpha value is -2.62. The molecule has 1 saturated heterocycles. The molecular formula is C21H24ClN3O3. The molecule has 0 aromatic heterocycles. The fraction of sp³-hybridized carbons (Fsp3) is 0.381. The molecule has 3 rings (SSSR count). The SMILES string of the molecule is COc1ccc(CN2CCN(c3ccc(Cl)cc3C#N)CC2)c(OC)c1OC. The lowest BCUT2D eigenvalue weighted by molar-refractivity contribution is 0.243. The number of nitrogens with zero attached hydrogens (tertiary/aromatic N) is 3. The molecular weight excluding hydrogens is 378 g/mol. The van der Waals surface area contributed by atoms with E-state index in [0.29, 0.717) is 27.8 Å². The maximum absolute atomic E-state index is 9.39. The summed E-state index contributed by atoms with van der Waals surface area (Å²) in [6.45, 7) is 4.19. The normalized spacial score (nSPS) is 14.5. The molecule has 148 valence electrons. The molecule has 0 unspecified atom stereocenters. The van der Waals surface area contributed by atoms with Gasteiger partial charge in [-0.15, -0.1) is 0 Å². The van der Waals surface area contributed by atoms with E-state index in [0.717, 1.165) is 44.0 Å². The summed E-state index contributed by atoms with van der Waals surface area (Å²) in [5, 5.41) is 9.97. The highest BCUT2D eigenvalue weighted by Crippen LogP contribution is 2.40. The van der Waals surface area contributed by atoms with Gasteiger partial charge >= 0.3 is 0 Å². The molecule has 1 fully saturated rings. The molecule has 1 aliphatic heterocycles. The van der Waals surface area contributed by atoms with E-state index in [-0.39, 0.29) is 0 Å². The smallest absolute Gasteiger partial charge is 0.203 e. The Balaban J connectivity index is 1.71. The van der Waals surface area contributed by atoms with Crippen LogP contribution in [0, 0.1) is 11.3 Å². The van der Waals surface area contributed by atoms with Gasteiger partial charge in [-0.25, -0.2) is 0 Å². The van der Waals surface area contributed by atoms with E-state index in [1.807, 2.05) is 24.3 Å². The number of benzene rings is 2. The second-order valence-electron chi connectivity index (χ2n) is 6.53. The maximum Gasteiger partial charge on any atom is 0.203 e. The van der Waals surface area contributed by atoms with Gasteiger partial charge in [-0.1, -0.05) is 17.7 Å². The molecule has 28 heavy (non-hydrogen) atoms. The summed E-state index contributed by atoms with van der Waals surface area (Å²) in [4.78, 5) is 4.60. The number of anilines is 1. The van der Waals surface area contributed by atoms with Gasteiger partial charge in [0.15, 0.2) is 11.5 Å². The lowest BCUT2D eigenvalue weighted by atomic mass is 10.1. The first kappa shape index (κ1) is 20.1. The van der Waals surface area contributed by atoms with Crippen LogP contribution in [0.15, 0.2) is 30.3 Å². The summed E-state index contributed by atoms with van der Waals surface area (Å²) in [5.41, 5.74) is 2.61. The van der Waals surface area contributed by atoms with Gasteiger partial charge in [0, 0.05) is 43.3 Å². The van der Waals surface area contributed by atoms with Crippen LogP contribution in [0.25, 0.3) is 0 Å². The van der Waals surface area contributed by atoms with Crippen LogP contribution >= 0.6 is 11.6 Å². The molecule has 0 N–H and O–H groups in total. The zero-order chi connectivity index (χ0) is 20.1. The average molecular weight is 402 g/mol. The fourth-order valence-electron chi connectivity index (χ4n) is 3.55. The van der Waals surface area contributed by atoms with Crippen molar-refractivity contribution in [2.75, 3.05) is 52.4 Å². The van der Waals surface area contributed by atoms with Crippen LogP contribution in [0.2, 0.25) is 5.02 Å². The van der Waals surface area contributed by atoms with Crippen molar-refractivity contribution >= 4 is 17.3 Å². The number of piperazine rings is 1. The van der Waals surface area contributed by atoms with Crippen LogP contribution in [-0.4, -0.2) is 52.4 Å². The highest BCUT2D eigenvalue weighted by molar-refractivity contribution is 6.30. The summed E-state index contributed by atoms with van der Waals surface area (Å²) >= 11 is 6.01. The van der Waals surface area contributed by atoms with Gasteiger partial charge in [-0.2, -0.15) is 5.26 Å². The zero-order valence-corrected chi connectivity index (χ0v) is 17.1. The van der Waals surface area contributed by atoms with Crippen LogP contribution in [0.5, 0.6) is 17.2 Å². The van der Waals surface area contributed by atoms with Crippen LogP contribution < -0.4 is 19.1 Å². The van der Waals surface area contributed by atoms with Crippen LogP contribution in [0.4, 0.5) is 5.69 Å². The van der Waals surface area contributed by atoms with Crippen molar-refractivity contribution < 1.29 is 14.2 Å². The van der Waals surface area contributed by atoms with Crippen molar-refractivity contribution in [1.29, 1.82) is 5.26 Å². The molecule has 1 aliphatic rings. The molecule has 0 spiro atoms. The van der Waals surface area contributed by atoms with Gasteiger partial charge in [0.25, 0.3) is 0 Å². The van der Waals surface area contributed by atoms with Crippen molar-refractivity contribution in [3.8, 4) is 23.3 Å². The fourth-order valence-corrected chi connectivity index (χ4v) is 3.72. The van der Waals surface area contributed by atoms with Gasteiger partial charge < -0.3 is 19.1 Å². The highest BCUT2D eigenvalue weighted by atomic mass is 35.5. The molecule has 0 aliphatic carbocycles. The van der Waals surface area contributed by atoms with Gasteiger partial charge in [-0.05, 0) is 24.3 Å². The van der Waals surface area contributed by atoms with E-state index in [1.54, 1.807) is 27.4 Å². The average Bonchev–Trinajstić information content (AvgIpc) is 2.73. The largest absolute Gasteiger partial charge is 0.493 e. The maximum atomic E-state index is 9.39. The second-order valence-corrected chi connectivity index (χ2v) is 6.97. The number of hydrogen-bond donors (Lipinski definition) is 0. The van der Waals surface area contributed by atoms with E-state index in [4.69, 9.17) is 25.8 Å². The van der Waals surface area contributed by atoms with E-state index < -0.39 is 0 Å². The third-order valence-electron chi connectivity index (χ3n) is 4.97. The molecule has 0 atom stereocenters. The van der Waals surface area contributed by atoms with Gasteiger partial charge in [0.05, 0.1) is 32.6 Å². The monoisotopic (exact) mass is 401 g/mol. The van der Waals surface area contributed by atoms with E-state index >= 15 is 0 Å². The summed E-state index contributed by atoms with van der Waals surface area (Å²) in [7, 11) is 4.87. The topological polar surface area (TPSA) is 58.0 Å². The summed E-state index contributed by atoms with van der Waals surface area (Å²) in [6.07, 6.45) is 0. The van der Waals surface area contributed by atoms with Crippen molar-refractivity contribution in [2.24, 2.45) is 0 Å². The molecule has 0 bridgehead atoms. The Labute approximate surface area is 170 Å². The molecule has 0 saturated carbocycles. The number of halogens is 1. The third kappa shape index (κ3) is 4.11. The Morgan fingerprint density at radius 3 is 2.29 bits per heavy atom. The lowest BCUT2D eigenvalue weighted by Crippen LogP contribution is -2.46.